The van der Waals surface area contributed by atoms with Gasteiger partial charge < -0.3 is 14.8 Å². The number of ether oxygens (including phenoxy) is 2. The largest absolute Gasteiger partial charge is 0.454 e. The molecule has 0 unspecified atom stereocenters. The lowest BCUT2D eigenvalue weighted by molar-refractivity contribution is -0.132. The topological polar surface area (TPSA) is 97.0 Å². The molecule has 2 aromatic rings. The number of fused-ring (bicyclic) bond motifs is 1. The van der Waals surface area contributed by atoms with Gasteiger partial charge in [-0.25, -0.2) is 9.69 Å². The third-order valence-corrected chi connectivity index (χ3v) is 4.20. The molecule has 0 spiro atoms. The van der Waals surface area contributed by atoms with Crippen molar-refractivity contribution in [2.45, 2.75) is 0 Å². The summed E-state index contributed by atoms with van der Waals surface area (Å²) in [4.78, 5) is 38.2. The van der Waals surface area contributed by atoms with E-state index in [0.29, 0.717) is 22.9 Å². The minimum Gasteiger partial charge on any atom is -0.454 e. The Bertz CT molecular complexity index is 957. The van der Waals surface area contributed by atoms with Crippen molar-refractivity contribution in [1.82, 2.24) is 5.32 Å². The highest BCUT2D eigenvalue weighted by molar-refractivity contribution is 6.28. The average Bonchev–Trinajstić information content (AvgIpc) is 3.10. The maximum Gasteiger partial charge on any atom is 0.335 e. The molecule has 0 bridgehead atoms. The number of anilines is 2. The zero-order valence-electron chi connectivity index (χ0n) is 14.1. The van der Waals surface area contributed by atoms with Crippen LogP contribution in [0.3, 0.4) is 0 Å². The van der Waals surface area contributed by atoms with Gasteiger partial charge in [0.2, 0.25) is 12.7 Å². The number of barbiturate groups is 1. The molecule has 0 saturated carbocycles. The zero-order chi connectivity index (χ0) is 19.0. The van der Waals surface area contributed by atoms with E-state index in [1.165, 1.54) is 0 Å². The number of carbonyl (C=O) groups excluding carboxylic acids is 3. The second-order valence-corrected chi connectivity index (χ2v) is 5.95. The normalized spacial score (nSPS) is 18.3. The Hall–Kier alpha value is -3.81. The molecule has 4 rings (SSSR count). The summed E-state index contributed by atoms with van der Waals surface area (Å²) in [6, 6.07) is 12.7. The van der Waals surface area contributed by atoms with Gasteiger partial charge in [0.15, 0.2) is 17.4 Å². The van der Waals surface area contributed by atoms with Crippen LogP contribution in [0.5, 0.6) is 11.5 Å². The number of rotatable bonds is 4. The number of carbonyl (C=O) groups is 3. The van der Waals surface area contributed by atoms with Crippen LogP contribution in [0.1, 0.15) is 0 Å². The Morgan fingerprint density at radius 2 is 1.81 bits per heavy atom. The molecule has 2 aromatic carbocycles. The van der Waals surface area contributed by atoms with E-state index in [1.54, 1.807) is 48.5 Å². The number of para-hydroxylation sites is 1. The molecule has 8 heteroatoms. The molecular weight excluding hydrogens is 350 g/mol. The number of benzene rings is 2. The number of urea groups is 1. The van der Waals surface area contributed by atoms with Gasteiger partial charge >= 0.3 is 6.03 Å². The SMILES string of the molecule is C=C(Nc1ccc2c(c1)OCO2)[C@@H]1C(=O)NC(=O)N(c2ccccc2)C1=O. The van der Waals surface area contributed by atoms with Crippen LogP contribution in [-0.4, -0.2) is 24.6 Å². The number of nitrogens with one attached hydrogen (secondary N) is 2. The Labute approximate surface area is 154 Å². The molecule has 0 radical (unpaired) electrons. The second-order valence-electron chi connectivity index (χ2n) is 5.95. The number of amides is 4. The van der Waals surface area contributed by atoms with Crippen molar-refractivity contribution >= 4 is 29.2 Å². The van der Waals surface area contributed by atoms with Crippen LogP contribution >= 0.6 is 0 Å². The predicted octanol–water partition coefficient (Wildman–Crippen LogP) is 2.24. The summed E-state index contributed by atoms with van der Waals surface area (Å²) in [7, 11) is 0. The minimum absolute atomic E-state index is 0.136. The van der Waals surface area contributed by atoms with Gasteiger partial charge in [0.05, 0.1) is 5.69 Å². The lowest BCUT2D eigenvalue weighted by Crippen LogP contribution is -2.59. The van der Waals surface area contributed by atoms with Gasteiger partial charge in [-0.3, -0.25) is 14.9 Å². The number of hydrogen-bond donors (Lipinski definition) is 2. The van der Waals surface area contributed by atoms with Crippen molar-refractivity contribution in [3.8, 4) is 11.5 Å². The molecular formula is C19H15N3O5. The molecule has 4 amide bonds. The highest BCUT2D eigenvalue weighted by atomic mass is 16.7. The number of nitrogens with zero attached hydrogens (tertiary/aromatic N) is 1. The smallest absolute Gasteiger partial charge is 0.335 e. The van der Waals surface area contributed by atoms with Crippen molar-refractivity contribution in [3.05, 3.63) is 60.8 Å². The molecule has 1 fully saturated rings. The standard InChI is InChI=1S/C19H15N3O5/c1-11(20-12-7-8-14-15(9-12)27-10-26-14)16-17(23)21-19(25)22(18(16)24)13-5-3-2-4-6-13/h2-9,16,20H,1,10H2,(H,21,23,25)/t16-/m1/s1. The molecule has 2 heterocycles. The first-order valence-electron chi connectivity index (χ1n) is 8.14. The number of imide groups is 2. The van der Waals surface area contributed by atoms with Crippen LogP contribution in [0.25, 0.3) is 0 Å². The Balaban J connectivity index is 1.58. The van der Waals surface area contributed by atoms with E-state index in [9.17, 15) is 14.4 Å². The average molecular weight is 365 g/mol. The van der Waals surface area contributed by atoms with E-state index in [-0.39, 0.29) is 12.5 Å². The summed E-state index contributed by atoms with van der Waals surface area (Å²) in [5.74, 6) is -1.50. The van der Waals surface area contributed by atoms with Crippen molar-refractivity contribution in [2.75, 3.05) is 17.0 Å². The first kappa shape index (κ1) is 16.6. The van der Waals surface area contributed by atoms with Gasteiger partial charge in [-0.1, -0.05) is 24.8 Å². The fourth-order valence-electron chi connectivity index (χ4n) is 2.94. The van der Waals surface area contributed by atoms with Crippen LogP contribution in [0.15, 0.2) is 60.8 Å². The molecule has 0 aliphatic carbocycles. The quantitative estimate of drug-likeness (QED) is 0.807. The maximum atomic E-state index is 12.9. The Morgan fingerprint density at radius 1 is 1.07 bits per heavy atom. The molecule has 136 valence electrons. The van der Waals surface area contributed by atoms with Gasteiger partial charge in [0.25, 0.3) is 5.91 Å². The second kappa shape index (κ2) is 6.49. The predicted molar refractivity (Wildman–Crippen MR) is 96.3 cm³/mol. The van der Waals surface area contributed by atoms with E-state index >= 15 is 0 Å². The maximum absolute atomic E-state index is 12.9. The molecule has 8 nitrogen and oxygen atoms in total. The lowest BCUT2D eigenvalue weighted by Gasteiger charge is -2.31. The number of hydrogen-bond acceptors (Lipinski definition) is 6. The first-order valence-corrected chi connectivity index (χ1v) is 8.14. The van der Waals surface area contributed by atoms with E-state index in [0.717, 1.165) is 4.90 Å². The van der Waals surface area contributed by atoms with Crippen LogP contribution < -0.4 is 25.0 Å². The Kier molecular flexibility index (Phi) is 4.00. The van der Waals surface area contributed by atoms with Gasteiger partial charge in [-0.05, 0) is 24.3 Å². The van der Waals surface area contributed by atoms with Gasteiger partial charge in [0.1, 0.15) is 0 Å². The lowest BCUT2D eigenvalue weighted by atomic mass is 10.0. The molecule has 2 aliphatic rings. The van der Waals surface area contributed by atoms with Crippen molar-refractivity contribution in [3.63, 3.8) is 0 Å². The van der Waals surface area contributed by atoms with Crippen LogP contribution in [0, 0.1) is 5.92 Å². The van der Waals surface area contributed by atoms with Crippen LogP contribution in [0.4, 0.5) is 16.2 Å². The van der Waals surface area contributed by atoms with Crippen molar-refractivity contribution in [1.29, 1.82) is 0 Å². The van der Waals surface area contributed by atoms with E-state index < -0.39 is 23.8 Å². The molecule has 1 saturated heterocycles. The minimum atomic E-state index is -1.26. The molecule has 1 atom stereocenters. The third kappa shape index (κ3) is 2.97. The highest BCUT2D eigenvalue weighted by Crippen LogP contribution is 2.35. The van der Waals surface area contributed by atoms with E-state index in [2.05, 4.69) is 17.2 Å². The molecule has 0 aromatic heterocycles. The highest BCUT2D eigenvalue weighted by Gasteiger charge is 2.43. The van der Waals surface area contributed by atoms with E-state index in [1.807, 2.05) is 0 Å². The fraction of sp³-hybridized carbons (Fsp3) is 0.105. The zero-order valence-corrected chi connectivity index (χ0v) is 14.1. The third-order valence-electron chi connectivity index (χ3n) is 4.20. The summed E-state index contributed by atoms with van der Waals surface area (Å²) < 4.78 is 10.6. The van der Waals surface area contributed by atoms with Gasteiger partial charge in [0, 0.05) is 17.5 Å². The summed E-state index contributed by atoms with van der Waals surface area (Å²) in [5, 5.41) is 5.14. The summed E-state index contributed by atoms with van der Waals surface area (Å²) >= 11 is 0. The molecule has 2 aliphatic heterocycles. The summed E-state index contributed by atoms with van der Waals surface area (Å²) in [5.41, 5.74) is 1.09. The van der Waals surface area contributed by atoms with Gasteiger partial charge in [-0.2, -0.15) is 0 Å². The first-order chi connectivity index (χ1) is 13.0. The van der Waals surface area contributed by atoms with Crippen molar-refractivity contribution in [2.24, 2.45) is 5.92 Å². The van der Waals surface area contributed by atoms with Crippen LogP contribution in [-0.2, 0) is 9.59 Å². The van der Waals surface area contributed by atoms with Crippen molar-refractivity contribution < 1.29 is 23.9 Å². The Morgan fingerprint density at radius 3 is 2.59 bits per heavy atom. The van der Waals surface area contributed by atoms with Crippen LogP contribution in [0.2, 0.25) is 0 Å². The molecule has 2 N–H and O–H groups in total. The van der Waals surface area contributed by atoms with E-state index in [4.69, 9.17) is 9.47 Å². The summed E-state index contributed by atoms with van der Waals surface area (Å²) in [6.45, 7) is 3.95. The summed E-state index contributed by atoms with van der Waals surface area (Å²) in [6.07, 6.45) is 0. The molecule has 27 heavy (non-hydrogen) atoms. The monoisotopic (exact) mass is 365 g/mol. The van der Waals surface area contributed by atoms with Gasteiger partial charge in [-0.15, -0.1) is 0 Å². The fourth-order valence-corrected chi connectivity index (χ4v) is 2.94.